The number of nitrogens with zero attached hydrogens (tertiary/aromatic N) is 2. The van der Waals surface area contributed by atoms with Crippen molar-refractivity contribution >= 4 is 32.6 Å². The number of anilines is 1. The molecule has 0 aliphatic carbocycles. The van der Waals surface area contributed by atoms with Crippen LogP contribution in [0.3, 0.4) is 0 Å². The number of amides is 1. The zero-order valence-electron chi connectivity index (χ0n) is 17.9. The standard InChI is InChI=1S/C23H26N2O5S/c1-4-29-17-10-6-12-19-20(17)24-23(31-19)25(14-15-8-7-13-30-15)22(26)16-9-5-11-18(27-2)21(16)28-3/h5-6,9-12,15H,4,7-8,13-14H2,1-3H3. The Kier molecular flexibility index (Phi) is 6.58. The number of carbonyl (C=O) groups excluding carboxylic acids is 1. The highest BCUT2D eigenvalue weighted by Crippen LogP contribution is 2.37. The highest BCUT2D eigenvalue weighted by atomic mass is 32.1. The SMILES string of the molecule is CCOc1cccc2sc(N(CC3CCCO3)C(=O)c3cccc(OC)c3OC)nc12. The predicted octanol–water partition coefficient (Wildman–Crippen LogP) is 4.54. The predicted molar refractivity (Wildman–Crippen MR) is 121 cm³/mol. The molecule has 0 radical (unpaired) electrons. The van der Waals surface area contributed by atoms with Crippen LogP contribution in [0.2, 0.25) is 0 Å². The number of ether oxygens (including phenoxy) is 4. The Balaban J connectivity index is 1.77. The van der Waals surface area contributed by atoms with Crippen LogP contribution >= 0.6 is 11.3 Å². The van der Waals surface area contributed by atoms with Gasteiger partial charge in [0.1, 0.15) is 11.3 Å². The molecule has 1 saturated heterocycles. The van der Waals surface area contributed by atoms with Crippen molar-refractivity contribution < 1.29 is 23.7 Å². The summed E-state index contributed by atoms with van der Waals surface area (Å²) < 4.78 is 23.4. The van der Waals surface area contributed by atoms with Gasteiger partial charge in [-0.05, 0) is 44.0 Å². The van der Waals surface area contributed by atoms with Crippen molar-refractivity contribution in [1.82, 2.24) is 4.98 Å². The van der Waals surface area contributed by atoms with Crippen molar-refractivity contribution in [3.63, 3.8) is 0 Å². The Hall–Kier alpha value is -2.84. The molecule has 7 nitrogen and oxygen atoms in total. The summed E-state index contributed by atoms with van der Waals surface area (Å²) in [6.45, 7) is 3.62. The van der Waals surface area contributed by atoms with Crippen molar-refractivity contribution in [2.75, 3.05) is 38.9 Å². The van der Waals surface area contributed by atoms with Gasteiger partial charge < -0.3 is 18.9 Å². The van der Waals surface area contributed by atoms with Crippen molar-refractivity contribution in [3.8, 4) is 17.2 Å². The number of fused-ring (bicyclic) bond motifs is 1. The Bertz CT molecular complexity index is 1060. The minimum absolute atomic E-state index is 0.0288. The maximum atomic E-state index is 13.7. The van der Waals surface area contributed by atoms with Gasteiger partial charge in [-0.3, -0.25) is 9.69 Å². The second-order valence-electron chi connectivity index (χ2n) is 7.12. The van der Waals surface area contributed by atoms with Crippen LogP contribution in [0.4, 0.5) is 5.13 Å². The highest BCUT2D eigenvalue weighted by Gasteiger charge is 2.30. The first kappa shape index (κ1) is 21.4. The van der Waals surface area contributed by atoms with Crippen LogP contribution in [0, 0.1) is 0 Å². The summed E-state index contributed by atoms with van der Waals surface area (Å²) in [6, 6.07) is 11.1. The summed E-state index contributed by atoms with van der Waals surface area (Å²) in [6.07, 6.45) is 1.87. The summed E-state index contributed by atoms with van der Waals surface area (Å²) in [4.78, 5) is 20.2. The number of hydrogen-bond acceptors (Lipinski definition) is 7. The largest absolute Gasteiger partial charge is 0.493 e. The fourth-order valence-corrected chi connectivity index (χ4v) is 4.73. The quantitative estimate of drug-likeness (QED) is 0.510. The lowest BCUT2D eigenvalue weighted by Crippen LogP contribution is -2.37. The van der Waals surface area contributed by atoms with Crippen molar-refractivity contribution in [3.05, 3.63) is 42.0 Å². The van der Waals surface area contributed by atoms with Gasteiger partial charge in [-0.2, -0.15) is 0 Å². The number of carbonyl (C=O) groups is 1. The molecule has 8 heteroatoms. The van der Waals surface area contributed by atoms with Crippen LogP contribution in [0.5, 0.6) is 17.2 Å². The van der Waals surface area contributed by atoms with E-state index in [-0.39, 0.29) is 12.0 Å². The number of methoxy groups -OCH3 is 2. The van der Waals surface area contributed by atoms with Crippen LogP contribution in [-0.4, -0.2) is 51.0 Å². The maximum Gasteiger partial charge on any atom is 0.264 e. The van der Waals surface area contributed by atoms with E-state index in [2.05, 4.69) is 0 Å². The van der Waals surface area contributed by atoms with Gasteiger partial charge in [0.05, 0.1) is 43.7 Å². The van der Waals surface area contributed by atoms with E-state index in [1.165, 1.54) is 18.4 Å². The molecule has 3 aromatic rings. The first-order chi connectivity index (χ1) is 15.2. The normalized spacial score (nSPS) is 15.8. The smallest absolute Gasteiger partial charge is 0.264 e. The molecular formula is C23H26N2O5S. The van der Waals surface area contributed by atoms with Gasteiger partial charge in [-0.1, -0.05) is 23.5 Å². The molecule has 1 aliphatic rings. The Morgan fingerprint density at radius 2 is 2.00 bits per heavy atom. The lowest BCUT2D eigenvalue weighted by molar-refractivity contribution is 0.0914. The number of aromatic nitrogens is 1. The minimum Gasteiger partial charge on any atom is -0.493 e. The Morgan fingerprint density at radius 3 is 2.71 bits per heavy atom. The third kappa shape index (κ3) is 4.31. The summed E-state index contributed by atoms with van der Waals surface area (Å²) in [5.41, 5.74) is 1.18. The van der Waals surface area contributed by atoms with E-state index >= 15 is 0 Å². The molecule has 1 unspecified atom stereocenters. The number of rotatable bonds is 8. The lowest BCUT2D eigenvalue weighted by Gasteiger charge is -2.24. The fraction of sp³-hybridized carbons (Fsp3) is 0.391. The summed E-state index contributed by atoms with van der Waals surface area (Å²) in [5.74, 6) is 1.42. The van der Waals surface area contributed by atoms with Gasteiger partial charge >= 0.3 is 0 Å². The molecule has 4 rings (SSSR count). The average molecular weight is 443 g/mol. The van der Waals surface area contributed by atoms with E-state index in [1.54, 1.807) is 30.2 Å². The van der Waals surface area contributed by atoms with Gasteiger partial charge in [0, 0.05) is 6.61 Å². The van der Waals surface area contributed by atoms with E-state index in [1.807, 2.05) is 25.1 Å². The second-order valence-corrected chi connectivity index (χ2v) is 8.13. The molecule has 0 N–H and O–H groups in total. The first-order valence-electron chi connectivity index (χ1n) is 10.3. The molecule has 1 aliphatic heterocycles. The highest BCUT2D eigenvalue weighted by molar-refractivity contribution is 7.22. The zero-order chi connectivity index (χ0) is 21.8. The zero-order valence-corrected chi connectivity index (χ0v) is 18.7. The van der Waals surface area contributed by atoms with Gasteiger partial charge in [0.2, 0.25) is 0 Å². The molecule has 164 valence electrons. The third-order valence-electron chi connectivity index (χ3n) is 5.19. The van der Waals surface area contributed by atoms with E-state index in [9.17, 15) is 4.79 Å². The maximum absolute atomic E-state index is 13.7. The van der Waals surface area contributed by atoms with Gasteiger partial charge in [-0.15, -0.1) is 0 Å². The van der Waals surface area contributed by atoms with Crippen molar-refractivity contribution in [2.45, 2.75) is 25.9 Å². The average Bonchev–Trinajstić information content (AvgIpc) is 3.46. The van der Waals surface area contributed by atoms with Crippen LogP contribution in [-0.2, 0) is 4.74 Å². The molecule has 1 amide bonds. The van der Waals surface area contributed by atoms with E-state index in [0.29, 0.717) is 47.7 Å². The van der Waals surface area contributed by atoms with Gasteiger partial charge in [-0.25, -0.2) is 4.98 Å². The Labute approximate surface area is 185 Å². The molecule has 2 heterocycles. The molecule has 1 atom stereocenters. The van der Waals surface area contributed by atoms with Crippen LogP contribution in [0.1, 0.15) is 30.1 Å². The molecule has 0 bridgehead atoms. The van der Waals surface area contributed by atoms with E-state index in [0.717, 1.165) is 23.1 Å². The third-order valence-corrected chi connectivity index (χ3v) is 6.23. The summed E-state index contributed by atoms with van der Waals surface area (Å²) >= 11 is 1.46. The molecule has 2 aromatic carbocycles. The topological polar surface area (TPSA) is 70.1 Å². The summed E-state index contributed by atoms with van der Waals surface area (Å²) in [5, 5.41) is 0.604. The van der Waals surface area contributed by atoms with Crippen molar-refractivity contribution in [2.24, 2.45) is 0 Å². The number of benzene rings is 2. The number of hydrogen-bond donors (Lipinski definition) is 0. The fourth-order valence-electron chi connectivity index (χ4n) is 3.74. The van der Waals surface area contributed by atoms with Gasteiger partial charge in [0.25, 0.3) is 5.91 Å². The van der Waals surface area contributed by atoms with Gasteiger partial charge in [0.15, 0.2) is 16.6 Å². The molecule has 31 heavy (non-hydrogen) atoms. The van der Waals surface area contributed by atoms with Crippen molar-refractivity contribution in [1.29, 1.82) is 0 Å². The minimum atomic E-state index is -0.205. The van der Waals surface area contributed by atoms with Crippen LogP contribution in [0.15, 0.2) is 36.4 Å². The van der Waals surface area contributed by atoms with Crippen LogP contribution < -0.4 is 19.1 Å². The molecular weight excluding hydrogens is 416 g/mol. The number of thiazole rings is 1. The molecule has 0 saturated carbocycles. The second kappa shape index (κ2) is 9.53. The van der Waals surface area contributed by atoms with E-state index < -0.39 is 0 Å². The monoisotopic (exact) mass is 442 g/mol. The first-order valence-corrected chi connectivity index (χ1v) is 11.1. The van der Waals surface area contributed by atoms with E-state index in [4.69, 9.17) is 23.9 Å². The summed E-state index contributed by atoms with van der Waals surface area (Å²) in [7, 11) is 3.09. The molecule has 0 spiro atoms. The molecule has 1 fully saturated rings. The lowest BCUT2D eigenvalue weighted by atomic mass is 10.1. The Morgan fingerprint density at radius 1 is 1.19 bits per heavy atom. The number of para-hydroxylation sites is 2. The molecule has 1 aromatic heterocycles. The van der Waals surface area contributed by atoms with Crippen LogP contribution in [0.25, 0.3) is 10.2 Å².